The first kappa shape index (κ1) is 20.8. The van der Waals surface area contributed by atoms with Crippen LogP contribution in [0, 0.1) is 0 Å². The standard InChI is InChI=1S/C27H35N3/c1-2-3-4-14-21-27(23-16-9-7-10-17-23,24-18-11-8-12-19-24)26-29-28-25-20-13-5-6-15-22-30(25)26/h7-12,16-19H,2-6,13-15,20-22H2,1H3. The second-order valence-corrected chi connectivity index (χ2v) is 8.70. The van der Waals surface area contributed by atoms with Gasteiger partial charge >= 0.3 is 0 Å². The maximum atomic E-state index is 4.92. The molecule has 1 aliphatic rings. The van der Waals surface area contributed by atoms with Gasteiger partial charge in [-0.25, -0.2) is 0 Å². The van der Waals surface area contributed by atoms with Crippen LogP contribution < -0.4 is 0 Å². The number of aromatic nitrogens is 3. The van der Waals surface area contributed by atoms with Gasteiger partial charge in [-0.15, -0.1) is 10.2 Å². The molecule has 0 unspecified atom stereocenters. The van der Waals surface area contributed by atoms with Gasteiger partial charge in [0, 0.05) is 13.0 Å². The van der Waals surface area contributed by atoms with Crippen LogP contribution in [0.25, 0.3) is 0 Å². The van der Waals surface area contributed by atoms with Crippen molar-refractivity contribution in [2.75, 3.05) is 0 Å². The van der Waals surface area contributed by atoms with E-state index in [1.54, 1.807) is 0 Å². The fourth-order valence-corrected chi connectivity index (χ4v) is 5.07. The van der Waals surface area contributed by atoms with Gasteiger partial charge in [-0.1, -0.05) is 106 Å². The summed E-state index contributed by atoms with van der Waals surface area (Å²) in [4.78, 5) is 0. The van der Waals surface area contributed by atoms with E-state index in [0.717, 1.165) is 25.2 Å². The van der Waals surface area contributed by atoms with Crippen LogP contribution in [0.5, 0.6) is 0 Å². The largest absolute Gasteiger partial charge is 0.314 e. The third-order valence-corrected chi connectivity index (χ3v) is 6.68. The fraction of sp³-hybridized carbons (Fsp3) is 0.481. The van der Waals surface area contributed by atoms with Gasteiger partial charge in [-0.05, 0) is 30.4 Å². The number of hydrogen-bond donors (Lipinski definition) is 0. The van der Waals surface area contributed by atoms with Gasteiger partial charge in [0.2, 0.25) is 0 Å². The number of rotatable bonds is 8. The Morgan fingerprint density at radius 2 is 1.43 bits per heavy atom. The van der Waals surface area contributed by atoms with Crippen LogP contribution in [-0.4, -0.2) is 14.8 Å². The van der Waals surface area contributed by atoms with Crippen LogP contribution >= 0.6 is 0 Å². The summed E-state index contributed by atoms with van der Waals surface area (Å²) in [6.45, 7) is 3.32. The van der Waals surface area contributed by atoms with Gasteiger partial charge in [-0.2, -0.15) is 0 Å². The molecular formula is C27H35N3. The highest BCUT2D eigenvalue weighted by Crippen LogP contribution is 2.43. The minimum Gasteiger partial charge on any atom is -0.314 e. The second-order valence-electron chi connectivity index (χ2n) is 8.70. The van der Waals surface area contributed by atoms with E-state index in [1.807, 2.05) is 0 Å². The van der Waals surface area contributed by atoms with E-state index in [1.165, 1.54) is 68.3 Å². The Bertz CT molecular complexity index is 859. The summed E-state index contributed by atoms with van der Waals surface area (Å²) in [6.07, 6.45) is 12.2. The first-order valence-corrected chi connectivity index (χ1v) is 11.9. The average Bonchev–Trinajstić information content (AvgIpc) is 3.17. The molecule has 3 heteroatoms. The molecule has 0 aliphatic carbocycles. The van der Waals surface area contributed by atoms with E-state index in [4.69, 9.17) is 10.2 Å². The monoisotopic (exact) mass is 401 g/mol. The van der Waals surface area contributed by atoms with Crippen molar-refractivity contribution in [2.45, 2.75) is 83.1 Å². The Kier molecular flexibility index (Phi) is 6.99. The van der Waals surface area contributed by atoms with Gasteiger partial charge in [-0.3, -0.25) is 0 Å². The van der Waals surface area contributed by atoms with Crippen molar-refractivity contribution < 1.29 is 0 Å². The minimum absolute atomic E-state index is 0.249. The molecule has 0 bridgehead atoms. The topological polar surface area (TPSA) is 30.7 Å². The summed E-state index contributed by atoms with van der Waals surface area (Å²) < 4.78 is 2.47. The van der Waals surface area contributed by atoms with E-state index in [2.05, 4.69) is 72.2 Å². The third-order valence-electron chi connectivity index (χ3n) is 6.68. The molecule has 158 valence electrons. The second kappa shape index (κ2) is 10.1. The van der Waals surface area contributed by atoms with Crippen molar-refractivity contribution in [3.63, 3.8) is 0 Å². The highest BCUT2D eigenvalue weighted by molar-refractivity contribution is 5.46. The number of unbranched alkanes of at least 4 members (excludes halogenated alkanes) is 3. The summed E-state index contributed by atoms with van der Waals surface area (Å²) in [5.74, 6) is 2.32. The quantitative estimate of drug-likeness (QED) is 0.393. The number of benzene rings is 2. The molecule has 0 atom stereocenters. The first-order valence-electron chi connectivity index (χ1n) is 11.9. The highest BCUT2D eigenvalue weighted by Gasteiger charge is 2.41. The van der Waals surface area contributed by atoms with E-state index in [0.29, 0.717) is 0 Å². The zero-order chi connectivity index (χ0) is 20.7. The molecule has 0 fully saturated rings. The van der Waals surface area contributed by atoms with Gasteiger partial charge in [0.1, 0.15) is 11.6 Å². The molecule has 0 radical (unpaired) electrons. The fourth-order valence-electron chi connectivity index (χ4n) is 5.07. The molecule has 1 aliphatic heterocycles. The van der Waals surface area contributed by atoms with E-state index in [9.17, 15) is 0 Å². The molecule has 2 aromatic carbocycles. The van der Waals surface area contributed by atoms with Crippen molar-refractivity contribution >= 4 is 0 Å². The average molecular weight is 402 g/mol. The molecule has 0 spiro atoms. The minimum atomic E-state index is -0.249. The van der Waals surface area contributed by atoms with Crippen LogP contribution in [-0.2, 0) is 18.4 Å². The van der Waals surface area contributed by atoms with Crippen molar-refractivity contribution in [1.29, 1.82) is 0 Å². The molecule has 0 saturated carbocycles. The molecule has 0 amide bonds. The Labute approximate surface area is 181 Å². The molecule has 1 aromatic heterocycles. The lowest BCUT2D eigenvalue weighted by Gasteiger charge is -2.35. The molecule has 30 heavy (non-hydrogen) atoms. The molecular weight excluding hydrogens is 366 g/mol. The lowest BCUT2D eigenvalue weighted by Crippen LogP contribution is -2.34. The Balaban J connectivity index is 1.88. The molecule has 2 heterocycles. The van der Waals surface area contributed by atoms with Crippen LogP contribution in [0.1, 0.15) is 87.5 Å². The van der Waals surface area contributed by atoms with Gasteiger partial charge in [0.15, 0.2) is 0 Å². The van der Waals surface area contributed by atoms with Crippen LogP contribution in [0.2, 0.25) is 0 Å². The van der Waals surface area contributed by atoms with Crippen molar-refractivity contribution in [2.24, 2.45) is 0 Å². The first-order chi connectivity index (χ1) is 14.9. The number of nitrogens with zero attached hydrogens (tertiary/aromatic N) is 3. The van der Waals surface area contributed by atoms with Crippen molar-refractivity contribution in [1.82, 2.24) is 14.8 Å². The van der Waals surface area contributed by atoms with Crippen molar-refractivity contribution in [3.05, 3.63) is 83.4 Å². The maximum Gasteiger partial charge on any atom is 0.148 e. The molecule has 0 N–H and O–H groups in total. The Morgan fingerprint density at radius 1 is 0.767 bits per heavy atom. The van der Waals surface area contributed by atoms with Crippen LogP contribution in [0.4, 0.5) is 0 Å². The molecule has 0 saturated heterocycles. The predicted molar refractivity (Wildman–Crippen MR) is 124 cm³/mol. The van der Waals surface area contributed by atoms with Crippen LogP contribution in [0.3, 0.4) is 0 Å². The maximum absolute atomic E-state index is 4.92. The summed E-state index contributed by atoms with van der Waals surface area (Å²) in [7, 11) is 0. The van der Waals surface area contributed by atoms with E-state index >= 15 is 0 Å². The van der Waals surface area contributed by atoms with Gasteiger partial charge < -0.3 is 4.57 Å². The Morgan fingerprint density at radius 3 is 2.10 bits per heavy atom. The van der Waals surface area contributed by atoms with E-state index in [-0.39, 0.29) is 5.41 Å². The van der Waals surface area contributed by atoms with Crippen LogP contribution in [0.15, 0.2) is 60.7 Å². The lowest BCUT2D eigenvalue weighted by atomic mass is 9.70. The molecule has 3 aromatic rings. The third kappa shape index (κ3) is 4.21. The zero-order valence-electron chi connectivity index (χ0n) is 18.4. The zero-order valence-corrected chi connectivity index (χ0v) is 18.4. The number of fused-ring (bicyclic) bond motifs is 1. The number of aryl methyl sites for hydroxylation is 1. The molecule has 4 rings (SSSR count). The summed E-state index contributed by atoms with van der Waals surface area (Å²) >= 11 is 0. The summed E-state index contributed by atoms with van der Waals surface area (Å²) in [5, 5.41) is 9.65. The summed E-state index contributed by atoms with van der Waals surface area (Å²) in [6, 6.07) is 22.1. The summed E-state index contributed by atoms with van der Waals surface area (Å²) in [5.41, 5.74) is 2.43. The van der Waals surface area contributed by atoms with Gasteiger partial charge in [0.25, 0.3) is 0 Å². The van der Waals surface area contributed by atoms with Gasteiger partial charge in [0.05, 0.1) is 5.41 Å². The SMILES string of the molecule is CCCCCCC(c1ccccc1)(c1ccccc1)c1nnc2n1CCCCCC2. The van der Waals surface area contributed by atoms with Crippen molar-refractivity contribution in [3.8, 4) is 0 Å². The molecule has 3 nitrogen and oxygen atoms in total. The smallest absolute Gasteiger partial charge is 0.148 e. The predicted octanol–water partition coefficient (Wildman–Crippen LogP) is 6.70. The Hall–Kier alpha value is -2.42. The lowest BCUT2D eigenvalue weighted by molar-refractivity contribution is 0.437. The highest BCUT2D eigenvalue weighted by atomic mass is 15.3. The number of hydrogen-bond acceptors (Lipinski definition) is 2. The normalized spacial score (nSPS) is 14.7. The van der Waals surface area contributed by atoms with E-state index < -0.39 is 0 Å².